The Morgan fingerprint density at radius 3 is 0.500 bits per heavy atom. The number of hydrogen-bond acceptors (Lipinski definition) is 2. The van der Waals surface area contributed by atoms with Crippen LogP contribution in [0.1, 0.15) is 0 Å². The second-order valence-corrected chi connectivity index (χ2v) is 1.22. The van der Waals surface area contributed by atoms with Crippen LogP contribution < -0.4 is 0 Å². The summed E-state index contributed by atoms with van der Waals surface area (Å²) in [7, 11) is 0. The largest absolute Gasteiger partial charge is 0.794 e. The Morgan fingerprint density at radius 1 is 0.444 bits per heavy atom. The van der Waals surface area contributed by atoms with E-state index in [2.05, 4.69) is 65.2 Å². The van der Waals surface area contributed by atoms with Crippen molar-refractivity contribution in [1.82, 2.24) is 0 Å². The molecule has 0 atom stereocenters. The smallest absolute Gasteiger partial charge is 0 e. The van der Waals surface area contributed by atoms with Crippen molar-refractivity contribution in [2.45, 2.75) is 0 Å². The molecule has 0 bridgehead atoms. The van der Waals surface area contributed by atoms with Crippen LogP contribution in [0.4, 0.5) is 0 Å². The van der Waals surface area contributed by atoms with Crippen LogP contribution in [0.25, 0.3) is 0 Å². The average Bonchev–Trinajstić information content (AvgIpc) is 2.51. The van der Waals surface area contributed by atoms with Crippen LogP contribution in [-0.2, 0) is 87.3 Å². The molecule has 0 unspecified atom stereocenters. The van der Waals surface area contributed by atoms with Crippen molar-refractivity contribution < 1.29 is 62.1 Å². The molecule has 0 spiro atoms. The zero-order valence-corrected chi connectivity index (χ0v) is 12.2. The molecule has 0 saturated heterocycles. The Hall–Kier alpha value is 0.179. The summed E-state index contributed by atoms with van der Waals surface area (Å²) in [5, 5.41) is 0. The summed E-state index contributed by atoms with van der Waals surface area (Å²) < 4.78 is 45.0. The van der Waals surface area contributed by atoms with Gasteiger partial charge in [-0.2, -0.15) is 11.5 Å². The summed E-state index contributed by atoms with van der Waals surface area (Å²) in [6.07, 6.45) is 0. The van der Waals surface area contributed by atoms with Gasteiger partial charge in [0.05, 0.1) is 0 Å². The van der Waals surface area contributed by atoms with Gasteiger partial charge in [0.25, 0.3) is 0 Å². The first kappa shape index (κ1) is 63.7. The van der Waals surface area contributed by atoms with Gasteiger partial charge in [-0.15, -0.1) is 0 Å². The first-order valence-electron chi connectivity index (χ1n) is 2.30. The van der Waals surface area contributed by atoms with Gasteiger partial charge < -0.3 is 25.3 Å². The van der Waals surface area contributed by atoms with Crippen molar-refractivity contribution in [1.29, 1.82) is 0 Å². The van der Waals surface area contributed by atoms with Crippen molar-refractivity contribution in [3.8, 4) is 0 Å². The minimum absolute atomic E-state index is 0. The fourth-order valence-electron chi connectivity index (χ4n) is 0. The molecule has 0 aromatic rings. The Labute approximate surface area is 138 Å². The minimum atomic E-state index is 0. The van der Waals surface area contributed by atoms with Crippen LogP contribution in [0, 0.1) is 39.9 Å². The summed E-state index contributed by atoms with van der Waals surface area (Å²) in [5.41, 5.74) is 0. The quantitative estimate of drug-likeness (QED) is 0.275. The van der Waals surface area contributed by atoms with Crippen LogP contribution in [0.3, 0.4) is 0 Å². The van der Waals surface area contributed by atoms with Crippen molar-refractivity contribution in [2.75, 3.05) is 11.5 Å². The van der Waals surface area contributed by atoms with Gasteiger partial charge in [-0.3, -0.25) is 0 Å². The summed E-state index contributed by atoms with van der Waals surface area (Å²) in [5.74, 6) is 1.44. The van der Waals surface area contributed by atoms with Crippen molar-refractivity contribution >= 4 is 25.3 Å². The van der Waals surface area contributed by atoms with E-state index >= 15 is 0 Å². The topological polar surface area (TPSA) is 119 Å². The molecule has 6 nitrogen and oxygen atoms in total. The van der Waals surface area contributed by atoms with Crippen LogP contribution in [-0.4, -0.2) is 11.5 Å². The zero-order chi connectivity index (χ0) is 15.4. The van der Waals surface area contributed by atoms with Gasteiger partial charge in [-0.25, -0.2) is 0 Å². The third-order valence-electron chi connectivity index (χ3n) is 0.0833. The predicted octanol–water partition coefficient (Wildman–Crippen LogP) is -0.150. The van der Waals surface area contributed by atoms with Gasteiger partial charge in [0.2, 0.25) is 0 Å². The Kier molecular flexibility index (Phi) is 3350. The summed E-state index contributed by atoms with van der Waals surface area (Å²) >= 11 is 8.90. The van der Waals surface area contributed by atoms with Crippen molar-refractivity contribution in [3.05, 3.63) is 39.9 Å². The maximum Gasteiger partial charge on any atom is 0 e. The van der Waals surface area contributed by atoms with Crippen LogP contribution in [0.15, 0.2) is 0 Å². The van der Waals surface area contributed by atoms with Gasteiger partial charge in [0.15, 0.2) is 0 Å². The molecule has 10 heteroatoms. The molecule has 0 amide bonds. The third-order valence-corrected chi connectivity index (χ3v) is 0.750. The van der Waals surface area contributed by atoms with Crippen molar-refractivity contribution in [2.24, 2.45) is 0 Å². The Morgan fingerprint density at radius 2 is 0.500 bits per heavy atom. The van der Waals surface area contributed by atoms with Gasteiger partial charge in [-0.05, 0) is 0 Å². The number of hydrogen-bond donors (Lipinski definition) is 0. The normalized spacial score (nSPS) is 2.33. The number of rotatable bonds is 1. The summed E-state index contributed by atoms with van der Waals surface area (Å²) in [6, 6.07) is 0. The van der Waals surface area contributed by atoms with Gasteiger partial charge in [0, 0.05) is 34.1 Å². The van der Waals surface area contributed by atoms with Gasteiger partial charge >= 0.3 is 67.8 Å². The predicted molar refractivity (Wildman–Crippen MR) is 48.0 cm³/mol. The second-order valence-electron chi connectivity index (χ2n) is 0.408. The summed E-state index contributed by atoms with van der Waals surface area (Å²) in [6.45, 7) is 27.0. The molecule has 0 heterocycles. The van der Waals surface area contributed by atoms with E-state index in [-0.39, 0.29) is 34.1 Å². The minimum Gasteiger partial charge on any atom is -0.794 e. The molecule has 0 aliphatic heterocycles. The van der Waals surface area contributed by atoms with E-state index in [9.17, 15) is 0 Å². The van der Waals surface area contributed by atoms with Crippen molar-refractivity contribution in [3.63, 3.8) is 0 Å². The molecule has 0 rings (SSSR count). The van der Waals surface area contributed by atoms with E-state index in [0.717, 1.165) is 11.5 Å². The molecule has 0 saturated carbocycles. The molecule has 0 N–H and O–H groups in total. The first-order valence-corrected chi connectivity index (χ1v) is 3.46. The molecule has 0 aliphatic rings. The van der Waals surface area contributed by atoms with E-state index < -0.39 is 0 Å². The standard InChI is InChI=1S/C2H6S2.6CO.2Fe/c3-1-2-4;6*1-2;;/h3-4H,1-2H2;;;;;;;;/p-2. The SMILES string of the molecule is [C-]#[O+].[C-]#[O+].[C-]#[O+].[C-]#[O+].[C-]#[O+].[C-]#[O+].[Fe].[Fe].[S-]CC[S-]. The van der Waals surface area contributed by atoms with E-state index in [1.54, 1.807) is 0 Å². The third kappa shape index (κ3) is 2680. The molecule has 102 valence electrons. The van der Waals surface area contributed by atoms with E-state index in [1.807, 2.05) is 0 Å². The first-order chi connectivity index (χ1) is 7.91. The van der Waals surface area contributed by atoms with Gasteiger partial charge in [-0.1, -0.05) is 0 Å². The molecule has 0 aromatic heterocycles. The average molecular weight is 372 g/mol. The molecule has 18 heavy (non-hydrogen) atoms. The van der Waals surface area contributed by atoms with E-state index in [1.165, 1.54) is 0 Å². The maximum atomic E-state index is 7.50. The van der Waals surface area contributed by atoms with Gasteiger partial charge in [0.1, 0.15) is 0 Å². The summed E-state index contributed by atoms with van der Waals surface area (Å²) in [4.78, 5) is 0. The Balaban J connectivity index is -0.00000000758. The van der Waals surface area contributed by atoms with Crippen LogP contribution >= 0.6 is 0 Å². The molecular formula is C8H4Fe2O6S2-2. The van der Waals surface area contributed by atoms with Crippen LogP contribution in [0.2, 0.25) is 0 Å². The maximum absolute atomic E-state index is 7.50. The fraction of sp³-hybridized carbons (Fsp3) is 0.250. The molecule has 0 fully saturated rings. The zero-order valence-electron chi connectivity index (χ0n) is 8.39. The molecular weight excluding hydrogens is 368 g/mol. The van der Waals surface area contributed by atoms with E-state index in [4.69, 9.17) is 27.9 Å². The molecule has 0 aromatic carbocycles. The fourth-order valence-corrected chi connectivity index (χ4v) is 0. The molecule has 0 aliphatic carbocycles. The Bertz CT molecular complexity index is 127. The van der Waals surface area contributed by atoms with Crippen LogP contribution in [0.5, 0.6) is 0 Å². The monoisotopic (exact) mass is 372 g/mol. The molecule has 0 radical (unpaired) electrons. The van der Waals surface area contributed by atoms with E-state index in [0.29, 0.717) is 0 Å². The second kappa shape index (κ2) is 947.